The Morgan fingerprint density at radius 2 is 2.00 bits per heavy atom. The van der Waals surface area contributed by atoms with Crippen LogP contribution in [-0.2, 0) is 9.59 Å². The van der Waals surface area contributed by atoms with Crippen LogP contribution in [0.4, 0.5) is 4.79 Å². The molecule has 5 N–H and O–H groups in total. The molecule has 114 valence electrons. The summed E-state index contributed by atoms with van der Waals surface area (Å²) < 4.78 is 0. The third-order valence-corrected chi connectivity index (χ3v) is 2.94. The summed E-state index contributed by atoms with van der Waals surface area (Å²) in [5, 5.41) is 14.2. The second-order valence-corrected chi connectivity index (χ2v) is 4.89. The predicted molar refractivity (Wildman–Crippen MR) is 76.8 cm³/mol. The minimum Gasteiger partial charge on any atom is -0.480 e. The molecule has 3 amide bonds. The molecule has 21 heavy (non-hydrogen) atoms. The summed E-state index contributed by atoms with van der Waals surface area (Å²) in [6, 6.07) is 4.43. The highest BCUT2D eigenvalue weighted by Gasteiger charge is 2.22. The van der Waals surface area contributed by atoms with Gasteiger partial charge in [-0.2, -0.15) is 0 Å². The van der Waals surface area contributed by atoms with Gasteiger partial charge in [-0.05, 0) is 24.6 Å². The number of hydrogen-bond acceptors (Lipinski definition) is 3. The molecule has 0 aliphatic rings. The zero-order valence-electron chi connectivity index (χ0n) is 11.3. The summed E-state index contributed by atoms with van der Waals surface area (Å²) >= 11 is 5.85. The van der Waals surface area contributed by atoms with Crippen molar-refractivity contribution >= 4 is 29.5 Å². The van der Waals surface area contributed by atoms with Gasteiger partial charge in [-0.1, -0.05) is 23.7 Å². The van der Waals surface area contributed by atoms with E-state index in [1.165, 1.54) is 0 Å². The molecule has 0 spiro atoms. The van der Waals surface area contributed by atoms with Crippen molar-refractivity contribution in [1.29, 1.82) is 0 Å². The molecular formula is C13H16ClN3O4. The Bertz CT molecular complexity index is 550. The van der Waals surface area contributed by atoms with Crippen LogP contribution in [-0.4, -0.2) is 29.1 Å². The van der Waals surface area contributed by atoms with Crippen LogP contribution in [0.15, 0.2) is 24.3 Å². The number of aliphatic carboxylic acids is 1. The van der Waals surface area contributed by atoms with E-state index in [4.69, 9.17) is 22.4 Å². The van der Waals surface area contributed by atoms with Gasteiger partial charge in [0, 0.05) is 5.02 Å². The largest absolute Gasteiger partial charge is 0.480 e. The summed E-state index contributed by atoms with van der Waals surface area (Å²) in [6.45, 7) is 1.72. The fourth-order valence-corrected chi connectivity index (χ4v) is 1.86. The maximum atomic E-state index is 11.7. The molecule has 7 nitrogen and oxygen atoms in total. The second-order valence-electron chi connectivity index (χ2n) is 4.46. The smallest absolute Gasteiger partial charge is 0.326 e. The van der Waals surface area contributed by atoms with Crippen LogP contribution in [0.5, 0.6) is 0 Å². The van der Waals surface area contributed by atoms with Gasteiger partial charge in [0.2, 0.25) is 5.91 Å². The second kappa shape index (κ2) is 7.49. The first-order valence-electron chi connectivity index (χ1n) is 6.13. The van der Waals surface area contributed by atoms with E-state index in [0.29, 0.717) is 5.02 Å². The Hall–Kier alpha value is -2.28. The van der Waals surface area contributed by atoms with E-state index in [1.54, 1.807) is 31.2 Å². The number of carbonyl (C=O) groups excluding carboxylic acids is 2. The number of hydrogen-bond donors (Lipinski definition) is 4. The number of primary amides is 1. The highest BCUT2D eigenvalue weighted by Crippen LogP contribution is 2.17. The standard InChI is InChI=1S/C13H16ClN3O4/c1-7(8-3-2-4-9(14)5-8)16-13(21)17-10(12(19)20)6-11(15)18/h2-5,7,10H,6H2,1H3,(H2,15,18)(H,19,20)(H2,16,17,21)/t7?,10-/m1/s1. The number of nitrogens with two attached hydrogens (primary N) is 1. The van der Waals surface area contributed by atoms with Crippen LogP contribution in [0, 0.1) is 0 Å². The summed E-state index contributed by atoms with van der Waals surface area (Å²) in [5.41, 5.74) is 5.69. The molecule has 0 radical (unpaired) electrons. The number of carboxylic acid groups (broad SMARTS) is 1. The molecule has 0 fully saturated rings. The van der Waals surface area contributed by atoms with Gasteiger partial charge in [-0.25, -0.2) is 9.59 Å². The summed E-state index contributed by atoms with van der Waals surface area (Å²) in [6.07, 6.45) is -0.478. The quantitative estimate of drug-likeness (QED) is 0.626. The van der Waals surface area contributed by atoms with Crippen molar-refractivity contribution < 1.29 is 19.5 Å². The molecule has 8 heteroatoms. The summed E-state index contributed by atoms with van der Waals surface area (Å²) in [4.78, 5) is 33.4. The Balaban J connectivity index is 2.63. The van der Waals surface area contributed by atoms with Crippen LogP contribution in [0.3, 0.4) is 0 Å². The van der Waals surface area contributed by atoms with Crippen LogP contribution in [0.25, 0.3) is 0 Å². The van der Waals surface area contributed by atoms with Crippen molar-refractivity contribution in [2.24, 2.45) is 5.73 Å². The molecule has 0 saturated carbocycles. The number of carboxylic acids is 1. The molecule has 0 aliphatic carbocycles. The zero-order valence-corrected chi connectivity index (χ0v) is 12.1. The molecule has 0 aromatic heterocycles. The highest BCUT2D eigenvalue weighted by molar-refractivity contribution is 6.30. The van der Waals surface area contributed by atoms with E-state index in [-0.39, 0.29) is 6.04 Å². The Kier molecular flexibility index (Phi) is 5.98. The minimum absolute atomic E-state index is 0.383. The van der Waals surface area contributed by atoms with Crippen molar-refractivity contribution in [1.82, 2.24) is 10.6 Å². The number of rotatable bonds is 6. The molecule has 0 heterocycles. The van der Waals surface area contributed by atoms with Crippen molar-refractivity contribution in [3.8, 4) is 0 Å². The lowest BCUT2D eigenvalue weighted by Gasteiger charge is -2.18. The molecule has 0 aliphatic heterocycles. The lowest BCUT2D eigenvalue weighted by Crippen LogP contribution is -2.48. The van der Waals surface area contributed by atoms with Crippen LogP contribution < -0.4 is 16.4 Å². The van der Waals surface area contributed by atoms with Crippen LogP contribution in [0.2, 0.25) is 5.02 Å². The molecule has 2 atom stereocenters. The zero-order chi connectivity index (χ0) is 16.0. The van der Waals surface area contributed by atoms with Gasteiger partial charge in [0.1, 0.15) is 6.04 Å². The first-order valence-corrected chi connectivity index (χ1v) is 6.51. The lowest BCUT2D eigenvalue weighted by molar-refractivity contribution is -0.140. The van der Waals surface area contributed by atoms with Gasteiger partial charge >= 0.3 is 12.0 Å². The van der Waals surface area contributed by atoms with E-state index < -0.39 is 30.4 Å². The number of halogens is 1. The van der Waals surface area contributed by atoms with Crippen molar-refractivity contribution in [2.75, 3.05) is 0 Å². The topological polar surface area (TPSA) is 122 Å². The maximum absolute atomic E-state index is 11.7. The molecule has 1 rings (SSSR count). The monoisotopic (exact) mass is 313 g/mol. The SMILES string of the molecule is CC(NC(=O)N[C@H](CC(N)=O)C(=O)O)c1cccc(Cl)c1. The van der Waals surface area contributed by atoms with Crippen LogP contribution in [0.1, 0.15) is 24.9 Å². The average molecular weight is 314 g/mol. The van der Waals surface area contributed by atoms with Crippen molar-refractivity contribution in [3.05, 3.63) is 34.9 Å². The van der Waals surface area contributed by atoms with Gasteiger partial charge in [0.15, 0.2) is 0 Å². The van der Waals surface area contributed by atoms with Crippen LogP contribution >= 0.6 is 11.6 Å². The van der Waals surface area contributed by atoms with E-state index in [9.17, 15) is 14.4 Å². The molecule has 1 aromatic carbocycles. The predicted octanol–water partition coefficient (Wildman–Crippen LogP) is 1.03. The Morgan fingerprint density at radius 1 is 1.33 bits per heavy atom. The Labute approximate surface area is 126 Å². The van der Waals surface area contributed by atoms with Gasteiger partial charge < -0.3 is 21.5 Å². The summed E-state index contributed by atoms with van der Waals surface area (Å²) in [5.74, 6) is -2.15. The number of carbonyl (C=O) groups is 3. The number of amides is 3. The first-order chi connectivity index (χ1) is 9.79. The first kappa shape index (κ1) is 16.8. The fourth-order valence-electron chi connectivity index (χ4n) is 1.66. The van der Waals surface area contributed by atoms with Crippen molar-refractivity contribution in [2.45, 2.75) is 25.4 Å². The molecule has 0 saturated heterocycles. The lowest BCUT2D eigenvalue weighted by atomic mass is 10.1. The van der Waals surface area contributed by atoms with Gasteiger partial charge in [-0.3, -0.25) is 4.79 Å². The molecule has 1 unspecified atom stereocenters. The van der Waals surface area contributed by atoms with Gasteiger partial charge in [0.25, 0.3) is 0 Å². The number of nitrogens with one attached hydrogen (secondary N) is 2. The fraction of sp³-hybridized carbons (Fsp3) is 0.308. The van der Waals surface area contributed by atoms with E-state index >= 15 is 0 Å². The van der Waals surface area contributed by atoms with Gasteiger partial charge in [0.05, 0.1) is 12.5 Å². The average Bonchev–Trinajstić information content (AvgIpc) is 2.37. The third-order valence-electron chi connectivity index (χ3n) is 2.71. The maximum Gasteiger partial charge on any atom is 0.326 e. The highest BCUT2D eigenvalue weighted by atomic mass is 35.5. The normalized spacial score (nSPS) is 13.0. The van der Waals surface area contributed by atoms with E-state index in [0.717, 1.165) is 5.56 Å². The van der Waals surface area contributed by atoms with Crippen molar-refractivity contribution in [3.63, 3.8) is 0 Å². The molecule has 1 aromatic rings. The van der Waals surface area contributed by atoms with E-state index in [2.05, 4.69) is 10.6 Å². The Morgan fingerprint density at radius 3 is 2.52 bits per heavy atom. The minimum atomic E-state index is -1.37. The summed E-state index contributed by atoms with van der Waals surface area (Å²) in [7, 11) is 0. The molecule has 0 bridgehead atoms. The van der Waals surface area contributed by atoms with Gasteiger partial charge in [-0.15, -0.1) is 0 Å². The molecular weight excluding hydrogens is 298 g/mol. The number of benzene rings is 1. The van der Waals surface area contributed by atoms with E-state index in [1.807, 2.05) is 0 Å². The number of urea groups is 1. The third kappa shape index (κ3) is 5.70.